The van der Waals surface area contributed by atoms with E-state index in [1.165, 1.54) is 0 Å². The lowest BCUT2D eigenvalue weighted by atomic mass is 10.2. The van der Waals surface area contributed by atoms with Crippen LogP contribution in [0.25, 0.3) is 11.0 Å². The maximum absolute atomic E-state index is 5.55. The van der Waals surface area contributed by atoms with Crippen LogP contribution >= 0.6 is 0 Å². The lowest BCUT2D eigenvalue weighted by molar-refractivity contribution is 0.0835. The Labute approximate surface area is 121 Å². The minimum absolute atomic E-state index is 0.0136. The van der Waals surface area contributed by atoms with Gasteiger partial charge in [-0.3, -0.25) is 0 Å². The molecule has 3 aromatic rings. The Morgan fingerprint density at radius 3 is 3.14 bits per heavy atom. The number of aromatic nitrogens is 4. The highest BCUT2D eigenvalue weighted by molar-refractivity contribution is 5.74. The van der Waals surface area contributed by atoms with E-state index in [1.54, 1.807) is 0 Å². The molecule has 1 aliphatic heterocycles. The van der Waals surface area contributed by atoms with Gasteiger partial charge in [0.25, 0.3) is 5.89 Å². The molecule has 6 nitrogen and oxygen atoms in total. The van der Waals surface area contributed by atoms with E-state index in [4.69, 9.17) is 9.26 Å². The summed E-state index contributed by atoms with van der Waals surface area (Å²) >= 11 is 0. The number of hydrogen-bond acceptors (Lipinski definition) is 5. The van der Waals surface area contributed by atoms with Crippen LogP contribution in [0, 0.1) is 0 Å². The van der Waals surface area contributed by atoms with E-state index in [1.807, 2.05) is 24.5 Å². The highest BCUT2D eigenvalue weighted by atomic mass is 16.5. The minimum atomic E-state index is -0.0136. The van der Waals surface area contributed by atoms with Gasteiger partial charge in [-0.2, -0.15) is 4.98 Å². The molecule has 0 spiro atoms. The van der Waals surface area contributed by atoms with E-state index >= 15 is 0 Å². The molecule has 1 aromatic carbocycles. The summed E-state index contributed by atoms with van der Waals surface area (Å²) < 4.78 is 13.0. The van der Waals surface area contributed by atoms with Gasteiger partial charge in [-0.1, -0.05) is 17.3 Å². The van der Waals surface area contributed by atoms with Crippen molar-refractivity contribution in [3.8, 4) is 0 Å². The molecule has 1 aliphatic rings. The number of rotatable bonds is 4. The van der Waals surface area contributed by atoms with Gasteiger partial charge in [0.15, 0.2) is 5.82 Å². The fraction of sp³-hybridized carbons (Fsp3) is 0.400. The average molecular weight is 284 g/mol. The summed E-state index contributed by atoms with van der Waals surface area (Å²) in [7, 11) is 0. The minimum Gasteiger partial charge on any atom is -0.368 e. The summed E-state index contributed by atoms with van der Waals surface area (Å²) in [5.74, 6) is 1.33. The maximum atomic E-state index is 5.55. The molecular weight excluding hydrogens is 268 g/mol. The molecule has 6 heteroatoms. The van der Waals surface area contributed by atoms with Crippen molar-refractivity contribution in [3.05, 3.63) is 42.3 Å². The van der Waals surface area contributed by atoms with Crippen molar-refractivity contribution in [1.29, 1.82) is 0 Å². The first-order chi connectivity index (χ1) is 10.4. The second kappa shape index (κ2) is 5.29. The van der Waals surface area contributed by atoms with Crippen molar-refractivity contribution in [2.24, 2.45) is 0 Å². The second-order valence-corrected chi connectivity index (χ2v) is 5.23. The van der Waals surface area contributed by atoms with Crippen LogP contribution in [0.15, 0.2) is 35.1 Å². The Morgan fingerprint density at radius 1 is 1.29 bits per heavy atom. The molecule has 0 radical (unpaired) electrons. The van der Waals surface area contributed by atoms with E-state index in [0.717, 1.165) is 49.3 Å². The first kappa shape index (κ1) is 12.5. The van der Waals surface area contributed by atoms with Crippen LogP contribution in [-0.2, 0) is 17.7 Å². The summed E-state index contributed by atoms with van der Waals surface area (Å²) in [4.78, 5) is 8.81. The molecule has 0 bridgehead atoms. The molecular formula is C15H16N4O2. The van der Waals surface area contributed by atoms with Crippen molar-refractivity contribution < 1.29 is 9.26 Å². The van der Waals surface area contributed by atoms with Crippen LogP contribution in [0.2, 0.25) is 0 Å². The number of hydrogen-bond donors (Lipinski definition) is 0. The third-order valence-electron chi connectivity index (χ3n) is 3.79. The largest absolute Gasteiger partial charge is 0.368 e. The zero-order valence-corrected chi connectivity index (χ0v) is 11.6. The molecule has 2 aromatic heterocycles. The first-order valence-corrected chi connectivity index (χ1v) is 7.24. The molecule has 0 amide bonds. The number of benzene rings is 1. The van der Waals surface area contributed by atoms with Gasteiger partial charge in [0.1, 0.15) is 6.10 Å². The quantitative estimate of drug-likeness (QED) is 0.736. The average Bonchev–Trinajstić information content (AvgIpc) is 3.25. The summed E-state index contributed by atoms with van der Waals surface area (Å²) in [6.07, 6.45) is 4.58. The molecule has 0 aliphatic carbocycles. The Hall–Kier alpha value is -2.21. The molecule has 1 fully saturated rings. The fourth-order valence-corrected chi connectivity index (χ4v) is 2.68. The molecule has 108 valence electrons. The molecule has 4 rings (SSSR count). The molecule has 21 heavy (non-hydrogen) atoms. The van der Waals surface area contributed by atoms with Crippen molar-refractivity contribution in [2.45, 2.75) is 31.9 Å². The van der Waals surface area contributed by atoms with Crippen LogP contribution in [0.1, 0.15) is 30.7 Å². The van der Waals surface area contributed by atoms with Crippen molar-refractivity contribution in [2.75, 3.05) is 6.61 Å². The van der Waals surface area contributed by atoms with Crippen LogP contribution in [0.3, 0.4) is 0 Å². The fourth-order valence-electron chi connectivity index (χ4n) is 2.68. The van der Waals surface area contributed by atoms with E-state index in [-0.39, 0.29) is 6.10 Å². The monoisotopic (exact) mass is 284 g/mol. The smallest absolute Gasteiger partial charge is 0.255 e. The molecule has 0 N–H and O–H groups in total. The van der Waals surface area contributed by atoms with Gasteiger partial charge in [-0.05, 0) is 25.0 Å². The van der Waals surface area contributed by atoms with Crippen LogP contribution < -0.4 is 0 Å². The SMILES string of the molecule is c1ccc2c(c1)ncn2CCc1noc([C@@H]2CCCO2)n1. The van der Waals surface area contributed by atoms with Crippen molar-refractivity contribution in [3.63, 3.8) is 0 Å². The predicted molar refractivity (Wildman–Crippen MR) is 75.7 cm³/mol. The number of fused-ring (bicyclic) bond motifs is 1. The van der Waals surface area contributed by atoms with Gasteiger partial charge in [0, 0.05) is 19.6 Å². The number of para-hydroxylation sites is 2. The van der Waals surface area contributed by atoms with Crippen LogP contribution in [0.4, 0.5) is 0 Å². The number of nitrogens with zero attached hydrogens (tertiary/aromatic N) is 4. The molecule has 1 saturated heterocycles. The Balaban J connectivity index is 1.47. The standard InChI is InChI=1S/C15H16N4O2/c1-2-5-12-11(4-1)16-10-19(12)8-7-14-17-15(21-18-14)13-6-3-9-20-13/h1-2,4-5,10,13H,3,6-9H2/t13-/m0/s1. The lowest BCUT2D eigenvalue weighted by Gasteiger charge is -2.01. The Kier molecular flexibility index (Phi) is 3.16. The zero-order valence-electron chi connectivity index (χ0n) is 11.6. The first-order valence-electron chi connectivity index (χ1n) is 7.24. The van der Waals surface area contributed by atoms with Crippen LogP contribution in [-0.4, -0.2) is 26.3 Å². The zero-order chi connectivity index (χ0) is 14.1. The molecule has 3 heterocycles. The van der Waals surface area contributed by atoms with Gasteiger partial charge < -0.3 is 13.8 Å². The highest BCUT2D eigenvalue weighted by Gasteiger charge is 2.23. The molecule has 0 saturated carbocycles. The third kappa shape index (κ3) is 2.42. The number of imidazole rings is 1. The molecule has 0 unspecified atom stereocenters. The highest BCUT2D eigenvalue weighted by Crippen LogP contribution is 2.27. The lowest BCUT2D eigenvalue weighted by Crippen LogP contribution is -2.02. The Bertz CT molecular complexity index is 743. The normalized spacial score (nSPS) is 18.6. The van der Waals surface area contributed by atoms with Gasteiger partial charge in [0.05, 0.1) is 17.4 Å². The second-order valence-electron chi connectivity index (χ2n) is 5.23. The van der Waals surface area contributed by atoms with E-state index in [2.05, 4.69) is 25.8 Å². The number of ether oxygens (including phenoxy) is 1. The van der Waals surface area contributed by atoms with E-state index < -0.39 is 0 Å². The van der Waals surface area contributed by atoms with Gasteiger partial charge in [-0.15, -0.1) is 0 Å². The summed E-state index contributed by atoms with van der Waals surface area (Å²) in [6.45, 7) is 1.56. The predicted octanol–water partition coefficient (Wildman–Crippen LogP) is 2.51. The van der Waals surface area contributed by atoms with Crippen molar-refractivity contribution in [1.82, 2.24) is 19.7 Å². The topological polar surface area (TPSA) is 66.0 Å². The van der Waals surface area contributed by atoms with Crippen molar-refractivity contribution >= 4 is 11.0 Å². The van der Waals surface area contributed by atoms with E-state index in [9.17, 15) is 0 Å². The Morgan fingerprint density at radius 2 is 2.24 bits per heavy atom. The maximum Gasteiger partial charge on any atom is 0.255 e. The number of aryl methyl sites for hydroxylation is 2. The van der Waals surface area contributed by atoms with Gasteiger partial charge >= 0.3 is 0 Å². The van der Waals surface area contributed by atoms with E-state index in [0.29, 0.717) is 5.89 Å². The third-order valence-corrected chi connectivity index (χ3v) is 3.79. The van der Waals surface area contributed by atoms with Gasteiger partial charge in [-0.25, -0.2) is 4.98 Å². The van der Waals surface area contributed by atoms with Gasteiger partial charge in [0.2, 0.25) is 0 Å². The van der Waals surface area contributed by atoms with Crippen LogP contribution in [0.5, 0.6) is 0 Å². The summed E-state index contributed by atoms with van der Waals surface area (Å²) in [6, 6.07) is 8.09. The summed E-state index contributed by atoms with van der Waals surface area (Å²) in [5, 5.41) is 4.04. The summed E-state index contributed by atoms with van der Waals surface area (Å²) in [5.41, 5.74) is 2.13. The molecule has 1 atom stereocenters.